The number of nitrogens with one attached hydrogen (secondary N) is 4. The van der Waals surface area contributed by atoms with Crippen molar-refractivity contribution in [2.75, 3.05) is 13.1 Å². The van der Waals surface area contributed by atoms with Gasteiger partial charge < -0.3 is 21.3 Å². The summed E-state index contributed by atoms with van der Waals surface area (Å²) in [6.07, 6.45) is 0. The predicted molar refractivity (Wildman–Crippen MR) is 74.7 cm³/mol. The van der Waals surface area contributed by atoms with Crippen LogP contribution < -0.4 is 21.3 Å². The smallest absolute Gasteiger partial charge is 0.315 e. The van der Waals surface area contributed by atoms with Gasteiger partial charge in [-0.05, 0) is 41.5 Å². The number of carbonyl (C=O) groups is 2. The summed E-state index contributed by atoms with van der Waals surface area (Å²) < 4.78 is 0. The predicted octanol–water partition coefficient (Wildman–Crippen LogP) is 1.43. The van der Waals surface area contributed by atoms with Gasteiger partial charge in [0.2, 0.25) is 0 Å². The molecule has 4 amide bonds. The third-order valence-electron chi connectivity index (χ3n) is 1.51. The van der Waals surface area contributed by atoms with Crippen molar-refractivity contribution in [3.05, 3.63) is 0 Å². The van der Waals surface area contributed by atoms with Gasteiger partial charge in [0.05, 0.1) is 0 Å². The molecule has 6 heteroatoms. The van der Waals surface area contributed by atoms with Crippen molar-refractivity contribution in [3.8, 4) is 0 Å². The molecule has 0 aromatic carbocycles. The Bertz CT molecular complexity index is 210. The van der Waals surface area contributed by atoms with Gasteiger partial charge in [-0.15, -0.1) is 0 Å². The molecule has 0 spiro atoms. The van der Waals surface area contributed by atoms with Crippen LogP contribution in [0.5, 0.6) is 0 Å². The molecule has 0 radical (unpaired) electrons. The summed E-state index contributed by atoms with van der Waals surface area (Å²) in [5, 5.41) is 10.6. The maximum absolute atomic E-state index is 10.8. The molecule has 0 fully saturated rings. The Hall–Kier alpha value is -1.46. The number of urea groups is 2. The van der Waals surface area contributed by atoms with E-state index in [-0.39, 0.29) is 24.1 Å². The van der Waals surface area contributed by atoms with E-state index < -0.39 is 0 Å². The van der Waals surface area contributed by atoms with Gasteiger partial charge in [-0.25, -0.2) is 9.59 Å². The Morgan fingerprint density at radius 1 is 0.778 bits per heavy atom. The average Bonchev–Trinajstić information content (AvgIpc) is 2.16. The molecule has 108 valence electrons. The fourth-order valence-corrected chi connectivity index (χ4v) is 0.950. The van der Waals surface area contributed by atoms with E-state index in [0.29, 0.717) is 13.1 Å². The molecule has 0 atom stereocenters. The van der Waals surface area contributed by atoms with Crippen LogP contribution in [0.1, 0.15) is 41.5 Å². The molecule has 0 unspecified atom stereocenters. The minimum atomic E-state index is -0.0926. The SMILES string of the molecule is CC(C)NC(=O)NC(C)C.CCNC(=O)NCC. The summed E-state index contributed by atoms with van der Waals surface area (Å²) in [5.41, 5.74) is 0. The lowest BCUT2D eigenvalue weighted by Gasteiger charge is -2.11. The van der Waals surface area contributed by atoms with Gasteiger partial charge in [0.1, 0.15) is 0 Å². The van der Waals surface area contributed by atoms with Gasteiger partial charge in [-0.2, -0.15) is 0 Å². The van der Waals surface area contributed by atoms with Crippen molar-refractivity contribution in [2.24, 2.45) is 0 Å². The zero-order valence-electron chi connectivity index (χ0n) is 12.4. The van der Waals surface area contributed by atoms with Crippen molar-refractivity contribution in [1.29, 1.82) is 0 Å². The van der Waals surface area contributed by atoms with Gasteiger partial charge >= 0.3 is 12.1 Å². The summed E-state index contributed by atoms with van der Waals surface area (Å²) in [5.74, 6) is 0. The van der Waals surface area contributed by atoms with E-state index in [2.05, 4.69) is 21.3 Å². The Labute approximate surface area is 110 Å². The first-order valence-electron chi connectivity index (χ1n) is 6.42. The van der Waals surface area contributed by atoms with Crippen LogP contribution in [0.3, 0.4) is 0 Å². The van der Waals surface area contributed by atoms with Crippen LogP contribution in [0.15, 0.2) is 0 Å². The molecular formula is C12H28N4O2. The Morgan fingerprint density at radius 3 is 1.33 bits per heavy atom. The maximum atomic E-state index is 10.8. The molecule has 0 saturated carbocycles. The molecule has 0 saturated heterocycles. The lowest BCUT2D eigenvalue weighted by molar-refractivity contribution is 0.236. The second-order valence-corrected chi connectivity index (χ2v) is 4.32. The molecular weight excluding hydrogens is 232 g/mol. The van der Waals surface area contributed by atoms with Crippen LogP contribution in [-0.2, 0) is 0 Å². The Morgan fingerprint density at radius 2 is 1.11 bits per heavy atom. The topological polar surface area (TPSA) is 82.3 Å². The van der Waals surface area contributed by atoms with Gasteiger partial charge in [0.15, 0.2) is 0 Å². The summed E-state index contributed by atoms with van der Waals surface area (Å²) in [4.78, 5) is 21.3. The molecule has 6 nitrogen and oxygen atoms in total. The van der Waals surface area contributed by atoms with Crippen LogP contribution in [-0.4, -0.2) is 37.2 Å². The van der Waals surface area contributed by atoms with Crippen molar-refractivity contribution >= 4 is 12.1 Å². The second kappa shape index (κ2) is 12.0. The van der Waals surface area contributed by atoms with Crippen LogP contribution in [0.4, 0.5) is 9.59 Å². The fourth-order valence-electron chi connectivity index (χ4n) is 0.950. The fraction of sp³-hybridized carbons (Fsp3) is 0.833. The highest BCUT2D eigenvalue weighted by atomic mass is 16.2. The van der Waals surface area contributed by atoms with Gasteiger partial charge in [0, 0.05) is 25.2 Å². The molecule has 0 aliphatic rings. The normalized spacial score (nSPS) is 9.33. The summed E-state index contributed by atoms with van der Waals surface area (Å²) >= 11 is 0. The maximum Gasteiger partial charge on any atom is 0.315 e. The zero-order chi connectivity index (χ0) is 14.6. The van der Waals surface area contributed by atoms with Crippen molar-refractivity contribution < 1.29 is 9.59 Å². The van der Waals surface area contributed by atoms with Crippen molar-refractivity contribution in [2.45, 2.75) is 53.6 Å². The molecule has 0 bridgehead atoms. The highest BCUT2D eigenvalue weighted by molar-refractivity contribution is 5.74. The minimum Gasteiger partial charge on any atom is -0.338 e. The van der Waals surface area contributed by atoms with Crippen LogP contribution in [0.25, 0.3) is 0 Å². The van der Waals surface area contributed by atoms with Gasteiger partial charge in [0.25, 0.3) is 0 Å². The zero-order valence-corrected chi connectivity index (χ0v) is 12.4. The van der Waals surface area contributed by atoms with E-state index in [1.165, 1.54) is 0 Å². The van der Waals surface area contributed by atoms with E-state index in [0.717, 1.165) is 0 Å². The molecule has 0 aromatic rings. The molecule has 0 heterocycles. The molecule has 4 N–H and O–H groups in total. The Balaban J connectivity index is 0. The van der Waals surface area contributed by atoms with E-state index in [1.807, 2.05) is 41.5 Å². The molecule has 0 aliphatic carbocycles. The molecule has 0 rings (SSSR count). The number of hydrogen-bond acceptors (Lipinski definition) is 2. The minimum absolute atomic E-state index is 0.0880. The summed E-state index contributed by atoms with van der Waals surface area (Å²) in [6.45, 7) is 12.9. The number of amides is 4. The monoisotopic (exact) mass is 260 g/mol. The van der Waals surface area contributed by atoms with Crippen LogP contribution >= 0.6 is 0 Å². The average molecular weight is 260 g/mol. The first-order valence-corrected chi connectivity index (χ1v) is 6.42. The van der Waals surface area contributed by atoms with Gasteiger partial charge in [-0.3, -0.25) is 0 Å². The Kier molecular flexibility index (Phi) is 12.6. The largest absolute Gasteiger partial charge is 0.338 e. The van der Waals surface area contributed by atoms with Crippen molar-refractivity contribution in [3.63, 3.8) is 0 Å². The number of rotatable bonds is 4. The molecule has 18 heavy (non-hydrogen) atoms. The highest BCUT2D eigenvalue weighted by Gasteiger charge is 2.02. The number of carbonyl (C=O) groups excluding carboxylic acids is 2. The highest BCUT2D eigenvalue weighted by Crippen LogP contribution is 1.79. The van der Waals surface area contributed by atoms with Crippen LogP contribution in [0.2, 0.25) is 0 Å². The summed E-state index contributed by atoms with van der Waals surface area (Å²) in [6, 6.07) is 0.234. The van der Waals surface area contributed by atoms with E-state index in [9.17, 15) is 9.59 Å². The summed E-state index contributed by atoms with van der Waals surface area (Å²) in [7, 11) is 0. The van der Waals surface area contributed by atoms with Crippen molar-refractivity contribution in [1.82, 2.24) is 21.3 Å². The van der Waals surface area contributed by atoms with Crippen LogP contribution in [0, 0.1) is 0 Å². The van der Waals surface area contributed by atoms with E-state index >= 15 is 0 Å². The van der Waals surface area contributed by atoms with E-state index in [4.69, 9.17) is 0 Å². The first-order chi connectivity index (χ1) is 8.33. The number of hydrogen-bond donors (Lipinski definition) is 4. The quantitative estimate of drug-likeness (QED) is 0.616. The third kappa shape index (κ3) is 17.0. The molecule has 0 aliphatic heterocycles. The van der Waals surface area contributed by atoms with E-state index in [1.54, 1.807) is 0 Å². The lowest BCUT2D eigenvalue weighted by Crippen LogP contribution is -2.42. The lowest BCUT2D eigenvalue weighted by atomic mass is 10.4. The standard InChI is InChI=1S/C7H16N2O.C5H12N2O/c1-5(2)8-7(10)9-6(3)4;1-3-6-5(8)7-4-2/h5-6H,1-4H3,(H2,8,9,10);3-4H2,1-2H3,(H2,6,7,8). The first kappa shape index (κ1) is 18.9. The molecule has 0 aromatic heterocycles. The second-order valence-electron chi connectivity index (χ2n) is 4.32. The van der Waals surface area contributed by atoms with Gasteiger partial charge in [-0.1, -0.05) is 0 Å². The third-order valence-corrected chi connectivity index (χ3v) is 1.51.